The van der Waals surface area contributed by atoms with Crippen LogP contribution in [0.4, 0.5) is 37.7 Å². The summed E-state index contributed by atoms with van der Waals surface area (Å²) in [4.78, 5) is 53.9. The standard InChI is InChI=1S/C32H30F6N4O4S4/c33-31(34,35)19-9-7-11-21(17-19)39-23(43)13-3-1-5-15-41-27(45)25(49-29(41)47)26-28(46)42(30(48)50-26)16-6-2-4-14-24(44)40-22-12-8-10-20(18-22)32(36,37)38/h7-12,17-18H,1-6,13-16H2,(H,39,43)(H,40,44). The molecule has 2 aromatic carbocycles. The first-order valence-electron chi connectivity index (χ1n) is 15.3. The molecule has 0 atom stereocenters. The number of unbranched alkanes of at least 4 members (excludes halogenated alkanes) is 4. The second-order valence-electron chi connectivity index (χ2n) is 11.2. The molecule has 0 bridgehead atoms. The third-order valence-corrected chi connectivity index (χ3v) is 10.4. The number of anilines is 2. The van der Waals surface area contributed by atoms with Crippen molar-refractivity contribution in [1.29, 1.82) is 0 Å². The SMILES string of the molecule is O=C(CCCCCN1C(=O)C(=C2SC(=S)N(CCCCCC(=O)Nc3cccc(C(F)(F)F)c3)C2=O)SC1=S)Nc1cccc(C(F)(F)F)c1. The van der Waals surface area contributed by atoms with Crippen LogP contribution in [0.15, 0.2) is 58.3 Å². The molecule has 2 aliphatic rings. The van der Waals surface area contributed by atoms with Crippen molar-refractivity contribution in [2.45, 2.75) is 63.7 Å². The number of nitrogens with one attached hydrogen (secondary N) is 2. The highest BCUT2D eigenvalue weighted by Gasteiger charge is 2.41. The average Bonchev–Trinajstić information content (AvgIpc) is 3.48. The van der Waals surface area contributed by atoms with E-state index in [9.17, 15) is 45.5 Å². The van der Waals surface area contributed by atoms with Crippen LogP contribution in [-0.2, 0) is 31.5 Å². The second kappa shape index (κ2) is 17.2. The van der Waals surface area contributed by atoms with E-state index < -0.39 is 47.1 Å². The summed E-state index contributed by atoms with van der Waals surface area (Å²) in [5.74, 6) is -1.71. The van der Waals surface area contributed by atoms with E-state index in [1.807, 2.05) is 0 Å². The van der Waals surface area contributed by atoms with Gasteiger partial charge >= 0.3 is 12.4 Å². The minimum absolute atomic E-state index is 0.0485. The highest BCUT2D eigenvalue weighted by molar-refractivity contribution is 8.29. The van der Waals surface area contributed by atoms with Crippen LogP contribution in [0.1, 0.15) is 62.5 Å². The maximum atomic E-state index is 13.2. The van der Waals surface area contributed by atoms with Gasteiger partial charge in [0, 0.05) is 37.3 Å². The average molecular weight is 777 g/mol. The molecule has 2 saturated heterocycles. The van der Waals surface area contributed by atoms with Crippen molar-refractivity contribution in [3.63, 3.8) is 0 Å². The first-order valence-corrected chi connectivity index (χ1v) is 17.8. The number of alkyl halides is 6. The lowest BCUT2D eigenvalue weighted by atomic mass is 10.1. The zero-order valence-corrected chi connectivity index (χ0v) is 29.4. The molecule has 8 nitrogen and oxygen atoms in total. The number of carbonyl (C=O) groups excluding carboxylic acids is 4. The number of halogens is 6. The number of carbonyl (C=O) groups is 4. The van der Waals surface area contributed by atoms with Crippen LogP contribution in [0.2, 0.25) is 0 Å². The van der Waals surface area contributed by atoms with Crippen molar-refractivity contribution in [2.24, 2.45) is 0 Å². The monoisotopic (exact) mass is 776 g/mol. The number of hydrogen-bond acceptors (Lipinski definition) is 8. The maximum Gasteiger partial charge on any atom is 0.416 e. The third kappa shape index (κ3) is 10.8. The Morgan fingerprint density at radius 3 is 1.36 bits per heavy atom. The molecule has 0 aromatic heterocycles. The first-order chi connectivity index (χ1) is 23.5. The molecule has 4 amide bonds. The maximum absolute atomic E-state index is 13.2. The van der Waals surface area contributed by atoms with Crippen molar-refractivity contribution < 1.29 is 45.5 Å². The summed E-state index contributed by atoms with van der Waals surface area (Å²) >= 11 is 12.8. The van der Waals surface area contributed by atoms with E-state index in [1.54, 1.807) is 0 Å². The van der Waals surface area contributed by atoms with Gasteiger partial charge in [0.2, 0.25) is 11.8 Å². The van der Waals surface area contributed by atoms with Crippen LogP contribution in [0, 0.1) is 0 Å². The topological polar surface area (TPSA) is 98.8 Å². The molecule has 2 fully saturated rings. The summed E-state index contributed by atoms with van der Waals surface area (Å²) in [6, 6.07) is 8.73. The number of benzene rings is 2. The second-order valence-corrected chi connectivity index (χ2v) is 14.5. The van der Waals surface area contributed by atoms with Gasteiger partial charge < -0.3 is 10.6 Å². The Morgan fingerprint density at radius 1 is 0.620 bits per heavy atom. The van der Waals surface area contributed by atoms with E-state index in [4.69, 9.17) is 24.4 Å². The lowest BCUT2D eigenvalue weighted by Gasteiger charge is -2.15. The number of thiocarbonyl (C=S) groups is 2. The molecule has 18 heteroatoms. The van der Waals surface area contributed by atoms with Gasteiger partial charge in [-0.15, -0.1) is 0 Å². The molecular formula is C32H30F6N4O4S4. The quantitative estimate of drug-likeness (QED) is 0.0856. The summed E-state index contributed by atoms with van der Waals surface area (Å²) in [6.45, 7) is 0.510. The number of amides is 4. The molecule has 0 saturated carbocycles. The summed E-state index contributed by atoms with van der Waals surface area (Å²) < 4.78 is 77.9. The number of hydrogen-bond donors (Lipinski definition) is 2. The van der Waals surface area contributed by atoms with Crippen LogP contribution >= 0.6 is 48.0 Å². The van der Waals surface area contributed by atoms with E-state index in [2.05, 4.69) is 10.6 Å². The zero-order valence-electron chi connectivity index (χ0n) is 26.1. The normalized spacial score (nSPS) is 16.8. The molecule has 0 aliphatic carbocycles. The molecule has 2 aliphatic heterocycles. The van der Waals surface area contributed by atoms with E-state index in [0.717, 1.165) is 47.8 Å². The molecule has 2 aromatic rings. The van der Waals surface area contributed by atoms with Gasteiger partial charge in [-0.2, -0.15) is 26.3 Å². The Hall–Kier alpha value is -3.48. The Balaban J connectivity index is 1.17. The molecule has 0 spiro atoms. The summed E-state index contributed by atoms with van der Waals surface area (Å²) in [5, 5.41) is 4.92. The molecule has 2 N–H and O–H groups in total. The number of nitrogens with zero attached hydrogens (tertiary/aromatic N) is 2. The van der Waals surface area contributed by atoms with Gasteiger partial charge in [-0.3, -0.25) is 29.0 Å². The van der Waals surface area contributed by atoms with Gasteiger partial charge in [0.15, 0.2) is 0 Å². The third-order valence-electron chi connectivity index (χ3n) is 7.42. The van der Waals surface area contributed by atoms with Gasteiger partial charge in [-0.1, -0.05) is 72.9 Å². The largest absolute Gasteiger partial charge is 0.416 e. The lowest BCUT2D eigenvalue weighted by molar-refractivity contribution is -0.138. The Morgan fingerprint density at radius 2 is 1.00 bits per heavy atom. The fraction of sp³-hybridized carbons (Fsp3) is 0.375. The van der Waals surface area contributed by atoms with Crippen LogP contribution in [0.3, 0.4) is 0 Å². The molecule has 50 heavy (non-hydrogen) atoms. The molecule has 268 valence electrons. The minimum atomic E-state index is -4.52. The van der Waals surface area contributed by atoms with Crippen molar-refractivity contribution in [3.8, 4) is 0 Å². The van der Waals surface area contributed by atoms with E-state index in [0.29, 0.717) is 38.5 Å². The zero-order chi connectivity index (χ0) is 36.6. The summed E-state index contributed by atoms with van der Waals surface area (Å²) in [5.41, 5.74) is -1.63. The Bertz CT molecular complexity index is 1580. The Labute approximate surface area is 302 Å². The summed E-state index contributed by atoms with van der Waals surface area (Å²) in [6.07, 6.45) is -5.97. The summed E-state index contributed by atoms with van der Waals surface area (Å²) in [7, 11) is 0. The van der Waals surface area contributed by atoms with E-state index in [1.165, 1.54) is 34.1 Å². The molecule has 2 heterocycles. The predicted octanol–water partition coefficient (Wildman–Crippen LogP) is 8.35. The highest BCUT2D eigenvalue weighted by Crippen LogP contribution is 2.42. The number of thioether (sulfide) groups is 2. The van der Waals surface area contributed by atoms with E-state index in [-0.39, 0.29) is 55.8 Å². The fourth-order valence-corrected chi connectivity index (χ4v) is 7.69. The van der Waals surface area contributed by atoms with Crippen LogP contribution in [0.25, 0.3) is 0 Å². The van der Waals surface area contributed by atoms with Gasteiger partial charge in [0.25, 0.3) is 11.8 Å². The Kier molecular flexibility index (Phi) is 13.5. The van der Waals surface area contributed by atoms with Crippen LogP contribution in [-0.4, -0.2) is 55.2 Å². The molecular weight excluding hydrogens is 747 g/mol. The highest BCUT2D eigenvalue weighted by atomic mass is 32.2. The fourth-order valence-electron chi connectivity index (χ4n) is 4.91. The van der Waals surface area contributed by atoms with Gasteiger partial charge in [0.05, 0.1) is 20.9 Å². The van der Waals surface area contributed by atoms with Crippen LogP contribution in [0.5, 0.6) is 0 Å². The number of rotatable bonds is 14. The minimum Gasteiger partial charge on any atom is -0.326 e. The van der Waals surface area contributed by atoms with Crippen LogP contribution < -0.4 is 10.6 Å². The van der Waals surface area contributed by atoms with Gasteiger partial charge in [-0.25, -0.2) is 0 Å². The van der Waals surface area contributed by atoms with E-state index >= 15 is 0 Å². The molecule has 4 rings (SSSR count). The van der Waals surface area contributed by atoms with Crippen molar-refractivity contribution in [2.75, 3.05) is 23.7 Å². The predicted molar refractivity (Wildman–Crippen MR) is 188 cm³/mol. The van der Waals surface area contributed by atoms with Crippen molar-refractivity contribution in [1.82, 2.24) is 9.80 Å². The molecule has 0 unspecified atom stereocenters. The van der Waals surface area contributed by atoms with Gasteiger partial charge in [-0.05, 0) is 62.1 Å². The van der Waals surface area contributed by atoms with Crippen molar-refractivity contribution >= 4 is 91.6 Å². The van der Waals surface area contributed by atoms with Crippen molar-refractivity contribution in [3.05, 3.63) is 69.5 Å². The lowest BCUT2D eigenvalue weighted by Crippen LogP contribution is -2.31. The first kappa shape index (κ1) is 39.3. The molecule has 0 radical (unpaired) electrons. The smallest absolute Gasteiger partial charge is 0.326 e. The van der Waals surface area contributed by atoms with Gasteiger partial charge in [0.1, 0.15) is 8.64 Å².